The molecule has 3 aromatic rings. The Morgan fingerprint density at radius 1 is 0.970 bits per heavy atom. The Balaban J connectivity index is 1.87. The van der Waals surface area contributed by atoms with E-state index in [1.165, 1.54) is 25.3 Å². The lowest BCUT2D eigenvalue weighted by atomic mass is 10.1. The molecule has 0 aliphatic rings. The average molecular weight is 498 g/mol. The normalized spacial score (nSPS) is 11.1. The van der Waals surface area contributed by atoms with Crippen LogP contribution in [-0.2, 0) is 17.4 Å². The third-order valence-electron chi connectivity index (χ3n) is 4.48. The maximum Gasteiger partial charge on any atom is 0.416 e. The number of amides is 1. The summed E-state index contributed by atoms with van der Waals surface area (Å²) in [6, 6.07) is 13.0. The molecule has 0 saturated heterocycles. The summed E-state index contributed by atoms with van der Waals surface area (Å²) in [6.07, 6.45) is -5.04. The van der Waals surface area contributed by atoms with E-state index < -0.39 is 29.4 Å². The molecule has 0 fully saturated rings. The first kappa shape index (κ1) is 24.4. The number of rotatable bonds is 6. The van der Waals surface area contributed by atoms with Crippen molar-refractivity contribution in [2.75, 3.05) is 12.4 Å². The fraction of sp³-hybridized carbons (Fsp3) is 0.130. The van der Waals surface area contributed by atoms with Gasteiger partial charge in [-0.1, -0.05) is 29.3 Å². The molecule has 0 radical (unpaired) electrons. The number of methoxy groups -OCH3 is 1. The number of carbonyl (C=O) groups is 2. The van der Waals surface area contributed by atoms with Gasteiger partial charge in [0, 0.05) is 15.7 Å². The van der Waals surface area contributed by atoms with Gasteiger partial charge in [0.15, 0.2) is 0 Å². The van der Waals surface area contributed by atoms with Gasteiger partial charge < -0.3 is 14.8 Å². The minimum atomic E-state index is -4.70. The second kappa shape index (κ2) is 10.1. The van der Waals surface area contributed by atoms with E-state index in [0.29, 0.717) is 28.1 Å². The third kappa shape index (κ3) is 6.40. The minimum absolute atomic E-state index is 0.195. The summed E-state index contributed by atoms with van der Waals surface area (Å²) in [5, 5.41) is 3.09. The number of ether oxygens (including phenoxy) is 2. The molecule has 10 heteroatoms. The molecule has 1 amide bonds. The van der Waals surface area contributed by atoms with Crippen LogP contribution in [0.3, 0.4) is 0 Å². The standard InChI is InChI=1S/C23H16Cl2F3NO4/c1-32-17-7-5-16(6-8-17)29-22(31)18-9-3-14(23(26,27)28)11-20(18)33-21(30)10-13-2-4-15(24)12-19(13)25/h2-9,11-12H,10H2,1H3,(H,29,31). The molecule has 0 bridgehead atoms. The van der Waals surface area contributed by atoms with Crippen LogP contribution in [0.25, 0.3) is 0 Å². The van der Waals surface area contributed by atoms with Gasteiger partial charge in [0.2, 0.25) is 0 Å². The molecule has 0 aliphatic heterocycles. The first-order valence-electron chi connectivity index (χ1n) is 9.38. The van der Waals surface area contributed by atoms with Crippen LogP contribution in [0, 0.1) is 0 Å². The smallest absolute Gasteiger partial charge is 0.416 e. The number of carbonyl (C=O) groups excluding carboxylic acids is 2. The Labute approximate surface area is 197 Å². The zero-order valence-corrected chi connectivity index (χ0v) is 18.5. The summed E-state index contributed by atoms with van der Waals surface area (Å²) in [4.78, 5) is 25.2. The van der Waals surface area contributed by atoms with Crippen LogP contribution < -0.4 is 14.8 Å². The van der Waals surface area contributed by atoms with Gasteiger partial charge in [-0.2, -0.15) is 13.2 Å². The topological polar surface area (TPSA) is 64.6 Å². The van der Waals surface area contributed by atoms with Gasteiger partial charge in [-0.05, 0) is 60.2 Å². The highest BCUT2D eigenvalue weighted by Gasteiger charge is 2.32. The number of benzene rings is 3. The largest absolute Gasteiger partial charge is 0.497 e. The lowest BCUT2D eigenvalue weighted by molar-refractivity contribution is -0.139. The number of alkyl halides is 3. The van der Waals surface area contributed by atoms with Crippen molar-refractivity contribution in [2.24, 2.45) is 0 Å². The Bertz CT molecular complexity index is 1180. The van der Waals surface area contributed by atoms with Gasteiger partial charge in [0.25, 0.3) is 5.91 Å². The molecule has 3 aromatic carbocycles. The minimum Gasteiger partial charge on any atom is -0.497 e. The maximum atomic E-state index is 13.2. The number of esters is 1. The van der Waals surface area contributed by atoms with E-state index in [0.717, 1.165) is 12.1 Å². The van der Waals surface area contributed by atoms with Gasteiger partial charge >= 0.3 is 12.1 Å². The molecule has 5 nitrogen and oxygen atoms in total. The summed E-state index contributed by atoms with van der Waals surface area (Å²) in [5.41, 5.74) is -0.599. The molecule has 0 aliphatic carbocycles. The summed E-state index contributed by atoms with van der Waals surface area (Å²) < 4.78 is 49.8. The number of hydrogen-bond acceptors (Lipinski definition) is 4. The molecule has 0 aromatic heterocycles. The average Bonchev–Trinajstić information content (AvgIpc) is 2.75. The molecule has 0 spiro atoms. The summed E-state index contributed by atoms with van der Waals surface area (Å²) in [5.74, 6) is -1.65. The van der Waals surface area contributed by atoms with Gasteiger partial charge in [0.1, 0.15) is 11.5 Å². The highest BCUT2D eigenvalue weighted by atomic mass is 35.5. The Morgan fingerprint density at radius 3 is 2.27 bits per heavy atom. The van der Waals surface area contributed by atoms with Crippen LogP contribution in [0.1, 0.15) is 21.5 Å². The lowest BCUT2D eigenvalue weighted by Gasteiger charge is -2.14. The first-order valence-corrected chi connectivity index (χ1v) is 10.1. The Hall–Kier alpha value is -3.23. The summed E-state index contributed by atoms with van der Waals surface area (Å²) in [6.45, 7) is 0. The number of halogens is 5. The van der Waals surface area contributed by atoms with E-state index in [-0.39, 0.29) is 17.0 Å². The first-order chi connectivity index (χ1) is 15.6. The molecule has 1 N–H and O–H groups in total. The van der Waals surface area contributed by atoms with E-state index in [1.807, 2.05) is 0 Å². The molecule has 0 unspecified atom stereocenters. The molecule has 0 saturated carbocycles. The van der Waals surface area contributed by atoms with E-state index in [1.54, 1.807) is 24.3 Å². The van der Waals surface area contributed by atoms with Gasteiger partial charge in [-0.3, -0.25) is 9.59 Å². The number of hydrogen-bond donors (Lipinski definition) is 1. The molecule has 172 valence electrons. The highest BCUT2D eigenvalue weighted by molar-refractivity contribution is 6.35. The number of nitrogens with one attached hydrogen (secondary N) is 1. The number of anilines is 1. The van der Waals surface area contributed by atoms with E-state index >= 15 is 0 Å². The van der Waals surface area contributed by atoms with Crippen LogP contribution >= 0.6 is 23.2 Å². The van der Waals surface area contributed by atoms with Crippen molar-refractivity contribution >= 4 is 40.8 Å². The summed E-state index contributed by atoms with van der Waals surface area (Å²) >= 11 is 11.9. The third-order valence-corrected chi connectivity index (χ3v) is 5.06. The predicted octanol–water partition coefficient (Wildman–Crippen LogP) is 6.42. The SMILES string of the molecule is COc1ccc(NC(=O)c2ccc(C(F)(F)F)cc2OC(=O)Cc2ccc(Cl)cc2Cl)cc1. The van der Waals surface area contributed by atoms with Crippen LogP contribution in [0.4, 0.5) is 18.9 Å². The maximum absolute atomic E-state index is 13.2. The van der Waals surface area contributed by atoms with E-state index in [2.05, 4.69) is 5.32 Å². The Kier molecular flexibility index (Phi) is 7.50. The molecule has 0 atom stereocenters. The van der Waals surface area contributed by atoms with Crippen LogP contribution in [0.15, 0.2) is 60.7 Å². The van der Waals surface area contributed by atoms with Gasteiger partial charge in [0.05, 0.1) is 24.7 Å². The highest BCUT2D eigenvalue weighted by Crippen LogP contribution is 2.34. The fourth-order valence-electron chi connectivity index (χ4n) is 2.82. The van der Waals surface area contributed by atoms with Crippen molar-refractivity contribution in [1.29, 1.82) is 0 Å². The second-order valence-corrected chi connectivity index (χ2v) is 7.62. The Morgan fingerprint density at radius 2 is 1.67 bits per heavy atom. The second-order valence-electron chi connectivity index (χ2n) is 6.78. The fourth-order valence-corrected chi connectivity index (χ4v) is 3.30. The molecule has 3 rings (SSSR count). The molecule has 33 heavy (non-hydrogen) atoms. The lowest BCUT2D eigenvalue weighted by Crippen LogP contribution is -2.18. The van der Waals surface area contributed by atoms with Crippen molar-refractivity contribution < 1.29 is 32.2 Å². The van der Waals surface area contributed by atoms with Crippen molar-refractivity contribution in [3.63, 3.8) is 0 Å². The monoisotopic (exact) mass is 497 g/mol. The predicted molar refractivity (Wildman–Crippen MR) is 118 cm³/mol. The molecular weight excluding hydrogens is 482 g/mol. The van der Waals surface area contributed by atoms with Crippen LogP contribution in [0.5, 0.6) is 11.5 Å². The summed E-state index contributed by atoms with van der Waals surface area (Å²) in [7, 11) is 1.48. The van der Waals surface area contributed by atoms with Crippen molar-refractivity contribution in [3.05, 3.63) is 87.4 Å². The quantitative estimate of drug-likeness (QED) is 0.315. The molecule has 0 heterocycles. The van der Waals surface area contributed by atoms with Crippen molar-refractivity contribution in [3.8, 4) is 11.5 Å². The van der Waals surface area contributed by atoms with Crippen LogP contribution in [-0.4, -0.2) is 19.0 Å². The van der Waals surface area contributed by atoms with Crippen LogP contribution in [0.2, 0.25) is 10.0 Å². The van der Waals surface area contributed by atoms with Gasteiger partial charge in [-0.15, -0.1) is 0 Å². The van der Waals surface area contributed by atoms with Crippen molar-refractivity contribution in [1.82, 2.24) is 0 Å². The van der Waals surface area contributed by atoms with Crippen molar-refractivity contribution in [2.45, 2.75) is 12.6 Å². The van der Waals surface area contributed by atoms with E-state index in [9.17, 15) is 22.8 Å². The zero-order valence-electron chi connectivity index (χ0n) is 17.0. The molecular formula is C23H16Cl2F3NO4. The van der Waals surface area contributed by atoms with Gasteiger partial charge in [-0.25, -0.2) is 0 Å². The zero-order chi connectivity index (χ0) is 24.2. The van der Waals surface area contributed by atoms with E-state index in [4.69, 9.17) is 32.7 Å².